The monoisotopic (exact) mass is 307 g/mol. The molecule has 0 aromatic heterocycles. The van der Waals surface area contributed by atoms with Crippen LogP contribution in [0.3, 0.4) is 0 Å². The zero-order valence-electron chi connectivity index (χ0n) is 13.5. The van der Waals surface area contributed by atoms with Crippen LogP contribution in [0.1, 0.15) is 0 Å². The van der Waals surface area contributed by atoms with Crippen LogP contribution in [0.15, 0.2) is 84.9 Å². The smallest absolute Gasteiger partial charge is 0.0420 e. The lowest BCUT2D eigenvalue weighted by molar-refractivity contribution is 1.22. The van der Waals surface area contributed by atoms with Crippen LogP contribution in [0.2, 0.25) is 0 Å². The minimum absolute atomic E-state index is 1.20. The van der Waals surface area contributed by atoms with E-state index in [4.69, 9.17) is 0 Å². The van der Waals surface area contributed by atoms with Gasteiger partial charge in [-0.1, -0.05) is 60.7 Å². The predicted octanol–water partition coefficient (Wildman–Crippen LogP) is 6.35. The summed E-state index contributed by atoms with van der Waals surface area (Å²) in [5.74, 6) is 0. The lowest BCUT2D eigenvalue weighted by atomic mass is 9.94. The molecule has 1 nitrogen and oxygen atoms in total. The Labute approximate surface area is 141 Å². The first-order valence-electron chi connectivity index (χ1n) is 8.28. The van der Waals surface area contributed by atoms with E-state index in [1.165, 1.54) is 43.7 Å². The molecule has 0 spiro atoms. The number of para-hydroxylation sites is 1. The molecule has 0 aliphatic rings. The molecule has 1 heteroatoms. The van der Waals surface area contributed by atoms with E-state index in [1.54, 1.807) is 0 Å². The van der Waals surface area contributed by atoms with Crippen LogP contribution in [0.4, 0.5) is 11.4 Å². The number of hydrogen-bond acceptors (Lipinski definition) is 1. The highest BCUT2D eigenvalue weighted by Gasteiger charge is 2.11. The molecular formula is C23H17N. The molecule has 0 fully saturated rings. The van der Waals surface area contributed by atoms with Gasteiger partial charge in [-0.2, -0.15) is 0 Å². The molecule has 5 aromatic rings. The lowest BCUT2D eigenvalue weighted by Gasteiger charge is -2.21. The summed E-state index contributed by atoms with van der Waals surface area (Å²) in [5.41, 5.74) is 2.41. The van der Waals surface area contributed by atoms with Crippen molar-refractivity contribution >= 4 is 43.7 Å². The van der Waals surface area contributed by atoms with Gasteiger partial charge in [-0.25, -0.2) is 0 Å². The third-order valence-electron chi connectivity index (χ3n) is 4.98. The normalized spacial score (nSPS) is 11.5. The Bertz CT molecular complexity index is 1090. The van der Waals surface area contributed by atoms with Crippen LogP contribution >= 0.6 is 0 Å². The fourth-order valence-corrected chi connectivity index (χ4v) is 3.73. The quantitative estimate of drug-likeness (QED) is 0.343. The van der Waals surface area contributed by atoms with Gasteiger partial charge in [0, 0.05) is 18.4 Å². The highest BCUT2D eigenvalue weighted by atomic mass is 15.1. The number of nitrogens with zero attached hydrogens (tertiary/aromatic N) is 1. The van der Waals surface area contributed by atoms with Crippen LogP contribution in [0.5, 0.6) is 0 Å². The van der Waals surface area contributed by atoms with Gasteiger partial charge in [0.2, 0.25) is 0 Å². The Morgan fingerprint density at radius 2 is 1.04 bits per heavy atom. The topological polar surface area (TPSA) is 3.24 Å². The molecule has 0 saturated carbocycles. The fraction of sp³-hybridized carbons (Fsp3) is 0.0435. The van der Waals surface area contributed by atoms with Gasteiger partial charge >= 0.3 is 0 Å². The summed E-state index contributed by atoms with van der Waals surface area (Å²) in [6.07, 6.45) is 0. The number of rotatable bonds is 2. The van der Waals surface area contributed by atoms with Gasteiger partial charge in [-0.05, 0) is 56.6 Å². The first kappa shape index (κ1) is 13.4. The van der Waals surface area contributed by atoms with E-state index >= 15 is 0 Å². The van der Waals surface area contributed by atoms with E-state index in [2.05, 4.69) is 96.9 Å². The second-order valence-corrected chi connectivity index (χ2v) is 6.37. The highest BCUT2D eigenvalue weighted by molar-refractivity contribution is 6.23. The third kappa shape index (κ3) is 1.88. The van der Waals surface area contributed by atoms with Gasteiger partial charge in [0.25, 0.3) is 0 Å². The molecule has 5 rings (SSSR count). The molecule has 0 saturated heterocycles. The summed E-state index contributed by atoms with van der Waals surface area (Å²) in [4.78, 5) is 2.24. The van der Waals surface area contributed by atoms with Crippen molar-refractivity contribution in [1.82, 2.24) is 0 Å². The largest absolute Gasteiger partial charge is 0.345 e. The van der Waals surface area contributed by atoms with Crippen LogP contribution < -0.4 is 4.90 Å². The van der Waals surface area contributed by atoms with Crippen molar-refractivity contribution in [2.75, 3.05) is 11.9 Å². The van der Waals surface area contributed by atoms with Crippen molar-refractivity contribution in [2.45, 2.75) is 0 Å². The molecular weight excluding hydrogens is 290 g/mol. The van der Waals surface area contributed by atoms with Crippen LogP contribution in [0, 0.1) is 0 Å². The average Bonchev–Trinajstić information content (AvgIpc) is 2.66. The average molecular weight is 307 g/mol. The maximum absolute atomic E-state index is 2.29. The van der Waals surface area contributed by atoms with E-state index in [0.717, 1.165) is 0 Å². The van der Waals surface area contributed by atoms with Gasteiger partial charge in [0.15, 0.2) is 0 Å². The number of anilines is 2. The van der Waals surface area contributed by atoms with Gasteiger partial charge < -0.3 is 4.90 Å². The van der Waals surface area contributed by atoms with Crippen molar-refractivity contribution in [2.24, 2.45) is 0 Å². The second kappa shape index (κ2) is 4.97. The van der Waals surface area contributed by atoms with Crippen molar-refractivity contribution in [3.8, 4) is 0 Å². The Kier molecular flexibility index (Phi) is 2.77. The molecule has 24 heavy (non-hydrogen) atoms. The Hall–Kier alpha value is -3.06. The summed E-state index contributed by atoms with van der Waals surface area (Å²) in [6, 6.07) is 30.6. The number of hydrogen-bond donors (Lipinski definition) is 0. The SMILES string of the molecule is CN(c1ccccc1)c1cc2ccc3cccc4ccc(c1)c2c34. The summed E-state index contributed by atoms with van der Waals surface area (Å²) in [5, 5.41) is 7.98. The molecule has 114 valence electrons. The molecule has 0 radical (unpaired) electrons. The minimum Gasteiger partial charge on any atom is -0.345 e. The standard InChI is InChI=1S/C23H17N/c1-24(20-8-3-2-4-9-20)21-14-18-12-10-16-6-5-7-17-11-13-19(15-21)23(18)22(16)17/h2-15H,1H3. The molecule has 0 unspecified atom stereocenters. The molecule has 0 aliphatic heterocycles. The zero-order chi connectivity index (χ0) is 16.1. The Morgan fingerprint density at radius 3 is 1.67 bits per heavy atom. The molecule has 0 aliphatic carbocycles. The van der Waals surface area contributed by atoms with Crippen LogP contribution in [0.25, 0.3) is 32.3 Å². The maximum Gasteiger partial charge on any atom is 0.0420 e. The first-order chi connectivity index (χ1) is 11.8. The van der Waals surface area contributed by atoms with Crippen molar-refractivity contribution in [3.63, 3.8) is 0 Å². The third-order valence-corrected chi connectivity index (χ3v) is 4.98. The molecule has 5 aromatic carbocycles. The summed E-state index contributed by atoms with van der Waals surface area (Å²) in [7, 11) is 2.13. The van der Waals surface area contributed by atoms with E-state index in [9.17, 15) is 0 Å². The van der Waals surface area contributed by atoms with Crippen molar-refractivity contribution in [3.05, 3.63) is 84.9 Å². The van der Waals surface area contributed by atoms with Gasteiger partial charge in [0.05, 0.1) is 0 Å². The minimum atomic E-state index is 1.20. The fourth-order valence-electron chi connectivity index (χ4n) is 3.73. The van der Waals surface area contributed by atoms with Gasteiger partial charge in [-0.15, -0.1) is 0 Å². The summed E-state index contributed by atoms with van der Waals surface area (Å²) in [6.45, 7) is 0. The predicted molar refractivity (Wildman–Crippen MR) is 105 cm³/mol. The van der Waals surface area contributed by atoms with E-state index in [0.29, 0.717) is 0 Å². The van der Waals surface area contributed by atoms with E-state index in [1.807, 2.05) is 0 Å². The van der Waals surface area contributed by atoms with Crippen molar-refractivity contribution in [1.29, 1.82) is 0 Å². The molecule has 0 amide bonds. The van der Waals surface area contributed by atoms with Gasteiger partial charge in [-0.3, -0.25) is 0 Å². The molecule has 0 atom stereocenters. The Balaban J connectivity index is 1.81. The van der Waals surface area contributed by atoms with E-state index in [-0.39, 0.29) is 0 Å². The highest BCUT2D eigenvalue weighted by Crippen LogP contribution is 2.37. The van der Waals surface area contributed by atoms with Gasteiger partial charge in [0.1, 0.15) is 0 Å². The zero-order valence-corrected chi connectivity index (χ0v) is 13.5. The summed E-state index contributed by atoms with van der Waals surface area (Å²) >= 11 is 0. The number of benzene rings is 5. The summed E-state index contributed by atoms with van der Waals surface area (Å²) < 4.78 is 0. The van der Waals surface area contributed by atoms with Crippen LogP contribution in [-0.4, -0.2) is 7.05 Å². The Morgan fingerprint density at radius 1 is 0.500 bits per heavy atom. The molecule has 0 heterocycles. The molecule has 0 N–H and O–H groups in total. The molecule has 0 bridgehead atoms. The maximum atomic E-state index is 2.29. The van der Waals surface area contributed by atoms with E-state index < -0.39 is 0 Å². The lowest BCUT2D eigenvalue weighted by Crippen LogP contribution is -2.09. The second-order valence-electron chi connectivity index (χ2n) is 6.37. The van der Waals surface area contributed by atoms with Crippen LogP contribution in [-0.2, 0) is 0 Å². The first-order valence-corrected chi connectivity index (χ1v) is 8.28. The van der Waals surface area contributed by atoms with Crippen molar-refractivity contribution < 1.29 is 0 Å².